The summed E-state index contributed by atoms with van der Waals surface area (Å²) in [6.45, 7) is -0.415. The van der Waals surface area contributed by atoms with Gasteiger partial charge in [0, 0.05) is 12.8 Å². The molecular weight excluding hydrogens is 287 g/mol. The molecule has 0 atom stereocenters. The van der Waals surface area contributed by atoms with Gasteiger partial charge in [0.05, 0.1) is 10.5 Å². The number of alkyl halides is 3. The van der Waals surface area contributed by atoms with E-state index in [4.69, 9.17) is 5.11 Å². The van der Waals surface area contributed by atoms with Crippen LogP contribution in [-0.4, -0.2) is 25.9 Å². The third-order valence-corrected chi connectivity index (χ3v) is 3.26. The largest absolute Gasteiger partial charge is 0.465 e. The lowest BCUT2D eigenvalue weighted by Crippen LogP contribution is -2.20. The third kappa shape index (κ3) is 4.43. The summed E-state index contributed by atoms with van der Waals surface area (Å²) in [5.74, 6) is 0. The number of rotatable bonds is 3. The van der Waals surface area contributed by atoms with E-state index >= 15 is 0 Å². The highest BCUT2D eigenvalue weighted by atomic mass is 32.2. The first-order valence-electron chi connectivity index (χ1n) is 4.88. The molecule has 0 aromatic heterocycles. The number of benzene rings is 1. The molecule has 1 rings (SSSR count). The molecule has 0 aliphatic rings. The highest BCUT2D eigenvalue weighted by Crippen LogP contribution is 2.31. The molecule has 106 valence electrons. The number of amides is 1. The van der Waals surface area contributed by atoms with Crippen LogP contribution in [0.25, 0.3) is 0 Å². The highest BCUT2D eigenvalue weighted by Gasteiger charge is 2.32. The maximum Gasteiger partial charge on any atom is 0.416 e. The monoisotopic (exact) mass is 297 g/mol. The van der Waals surface area contributed by atoms with Gasteiger partial charge < -0.3 is 10.4 Å². The summed E-state index contributed by atoms with van der Waals surface area (Å²) >= 11 is 0. The van der Waals surface area contributed by atoms with Crippen LogP contribution in [0.15, 0.2) is 23.1 Å². The van der Waals surface area contributed by atoms with E-state index in [-0.39, 0.29) is 5.56 Å². The molecule has 0 aliphatic heterocycles. The fourth-order valence-corrected chi connectivity index (χ4v) is 2.02. The first kappa shape index (κ1) is 15.3. The molecule has 0 bridgehead atoms. The van der Waals surface area contributed by atoms with Crippen molar-refractivity contribution in [3.8, 4) is 0 Å². The molecule has 1 aromatic rings. The van der Waals surface area contributed by atoms with Crippen molar-refractivity contribution in [2.75, 3.05) is 6.26 Å². The molecule has 1 amide bonds. The zero-order valence-electron chi connectivity index (χ0n) is 9.65. The van der Waals surface area contributed by atoms with Crippen LogP contribution >= 0.6 is 0 Å². The van der Waals surface area contributed by atoms with E-state index in [9.17, 15) is 26.4 Å². The lowest BCUT2D eigenvalue weighted by Gasteiger charge is -2.11. The normalized spacial score (nSPS) is 12.2. The topological polar surface area (TPSA) is 83.5 Å². The van der Waals surface area contributed by atoms with Crippen LogP contribution in [0.4, 0.5) is 18.0 Å². The lowest BCUT2D eigenvalue weighted by atomic mass is 10.1. The zero-order chi connectivity index (χ0) is 14.8. The van der Waals surface area contributed by atoms with Crippen LogP contribution in [0.3, 0.4) is 0 Å². The van der Waals surface area contributed by atoms with Gasteiger partial charge in [-0.05, 0) is 23.8 Å². The van der Waals surface area contributed by atoms with Crippen LogP contribution in [0, 0.1) is 0 Å². The van der Waals surface area contributed by atoms with Gasteiger partial charge in [0.2, 0.25) is 0 Å². The molecule has 2 N–H and O–H groups in total. The smallest absolute Gasteiger partial charge is 0.416 e. The Kier molecular flexibility index (Phi) is 4.09. The summed E-state index contributed by atoms with van der Waals surface area (Å²) in [5, 5.41) is 10.3. The Morgan fingerprint density at radius 2 is 1.89 bits per heavy atom. The standard InChI is InChI=1S/C10H10F3NO4S/c1-19(17,18)8-3-6(5-14-9(15)16)2-7(4-8)10(11,12)13/h2-4,14H,5H2,1H3,(H,15,16). The van der Waals surface area contributed by atoms with Gasteiger partial charge in [-0.2, -0.15) is 13.2 Å². The minimum Gasteiger partial charge on any atom is -0.465 e. The molecule has 0 aliphatic carbocycles. The van der Waals surface area contributed by atoms with Crippen molar-refractivity contribution < 1.29 is 31.5 Å². The fourth-order valence-electron chi connectivity index (χ4n) is 1.32. The van der Waals surface area contributed by atoms with Crippen molar-refractivity contribution in [2.24, 2.45) is 0 Å². The Balaban J connectivity index is 3.29. The summed E-state index contributed by atoms with van der Waals surface area (Å²) in [6, 6.07) is 2.21. The predicted octanol–water partition coefficient (Wildman–Crippen LogP) is 1.88. The van der Waals surface area contributed by atoms with E-state index in [0.717, 1.165) is 12.3 Å². The van der Waals surface area contributed by atoms with Gasteiger partial charge in [0.25, 0.3) is 0 Å². The first-order valence-corrected chi connectivity index (χ1v) is 6.77. The SMILES string of the molecule is CS(=O)(=O)c1cc(CNC(=O)O)cc(C(F)(F)F)c1. The maximum absolute atomic E-state index is 12.6. The minimum absolute atomic E-state index is 0.0855. The van der Waals surface area contributed by atoms with Gasteiger partial charge in [-0.1, -0.05) is 0 Å². The summed E-state index contributed by atoms with van der Waals surface area (Å²) in [5.41, 5.74) is -1.23. The minimum atomic E-state index is -4.71. The molecule has 0 spiro atoms. The van der Waals surface area contributed by atoms with Crippen LogP contribution in [0.1, 0.15) is 11.1 Å². The Morgan fingerprint density at radius 3 is 2.32 bits per heavy atom. The summed E-state index contributed by atoms with van der Waals surface area (Å²) in [7, 11) is -3.82. The van der Waals surface area contributed by atoms with Crippen molar-refractivity contribution in [3.63, 3.8) is 0 Å². The molecule has 19 heavy (non-hydrogen) atoms. The van der Waals surface area contributed by atoms with Gasteiger partial charge in [-0.15, -0.1) is 0 Å². The second kappa shape index (κ2) is 5.08. The van der Waals surface area contributed by atoms with Crippen molar-refractivity contribution >= 4 is 15.9 Å². The van der Waals surface area contributed by atoms with E-state index in [1.54, 1.807) is 0 Å². The number of halogens is 3. The number of sulfone groups is 1. The van der Waals surface area contributed by atoms with E-state index < -0.39 is 39.1 Å². The van der Waals surface area contributed by atoms with Crippen LogP contribution in [-0.2, 0) is 22.6 Å². The summed E-state index contributed by atoms with van der Waals surface area (Å²) in [6.07, 6.45) is -5.35. The molecule has 0 radical (unpaired) electrons. The van der Waals surface area contributed by atoms with Gasteiger partial charge >= 0.3 is 12.3 Å². The third-order valence-electron chi connectivity index (χ3n) is 2.17. The van der Waals surface area contributed by atoms with Gasteiger partial charge in [-0.3, -0.25) is 0 Å². The van der Waals surface area contributed by atoms with E-state index in [1.807, 2.05) is 5.32 Å². The molecular formula is C10H10F3NO4S. The molecule has 0 unspecified atom stereocenters. The molecule has 9 heteroatoms. The average Bonchev–Trinajstić information content (AvgIpc) is 2.23. The molecule has 0 saturated heterocycles. The average molecular weight is 297 g/mol. The first-order chi connectivity index (χ1) is 8.50. The van der Waals surface area contributed by atoms with Gasteiger partial charge in [0.1, 0.15) is 0 Å². The van der Waals surface area contributed by atoms with E-state index in [0.29, 0.717) is 12.1 Å². The molecule has 5 nitrogen and oxygen atoms in total. The molecule has 1 aromatic carbocycles. The Labute approximate surface area is 107 Å². The predicted molar refractivity (Wildman–Crippen MR) is 59.4 cm³/mol. The Bertz CT molecular complexity index is 595. The number of hydrogen-bond acceptors (Lipinski definition) is 3. The Morgan fingerprint density at radius 1 is 1.32 bits per heavy atom. The molecule has 0 heterocycles. The molecule has 0 fully saturated rings. The number of carboxylic acid groups (broad SMARTS) is 1. The van der Waals surface area contributed by atoms with Gasteiger partial charge in [-0.25, -0.2) is 13.2 Å². The maximum atomic E-state index is 12.6. The van der Waals surface area contributed by atoms with Crippen molar-refractivity contribution in [2.45, 2.75) is 17.6 Å². The Hall–Kier alpha value is -1.77. The summed E-state index contributed by atoms with van der Waals surface area (Å²) in [4.78, 5) is 9.77. The van der Waals surface area contributed by atoms with Crippen molar-refractivity contribution in [1.82, 2.24) is 5.32 Å². The lowest BCUT2D eigenvalue weighted by molar-refractivity contribution is -0.137. The number of nitrogens with one attached hydrogen (secondary N) is 1. The van der Waals surface area contributed by atoms with Crippen molar-refractivity contribution in [3.05, 3.63) is 29.3 Å². The van der Waals surface area contributed by atoms with Crippen LogP contribution in [0.2, 0.25) is 0 Å². The van der Waals surface area contributed by atoms with Crippen molar-refractivity contribution in [1.29, 1.82) is 0 Å². The van der Waals surface area contributed by atoms with Crippen LogP contribution < -0.4 is 5.32 Å². The van der Waals surface area contributed by atoms with E-state index in [2.05, 4.69) is 0 Å². The zero-order valence-corrected chi connectivity index (χ0v) is 10.5. The second-order valence-electron chi connectivity index (χ2n) is 3.79. The highest BCUT2D eigenvalue weighted by molar-refractivity contribution is 7.90. The quantitative estimate of drug-likeness (QED) is 0.892. The molecule has 0 saturated carbocycles. The fraction of sp³-hybridized carbons (Fsp3) is 0.300. The summed E-state index contributed by atoms with van der Waals surface area (Å²) < 4.78 is 60.4. The second-order valence-corrected chi connectivity index (χ2v) is 5.81. The number of carbonyl (C=O) groups is 1. The van der Waals surface area contributed by atoms with Gasteiger partial charge in [0.15, 0.2) is 9.84 Å². The van der Waals surface area contributed by atoms with E-state index in [1.165, 1.54) is 0 Å². The number of hydrogen-bond donors (Lipinski definition) is 2. The van der Waals surface area contributed by atoms with Crippen LogP contribution in [0.5, 0.6) is 0 Å².